The average Bonchev–Trinajstić information content (AvgIpc) is 2.35. The summed E-state index contributed by atoms with van der Waals surface area (Å²) in [6, 6.07) is 3.38. The Labute approximate surface area is 129 Å². The molecule has 2 N–H and O–H groups in total. The van der Waals surface area contributed by atoms with Crippen molar-refractivity contribution >= 4 is 35.0 Å². The summed E-state index contributed by atoms with van der Waals surface area (Å²) >= 11 is 13.3. The quantitative estimate of drug-likeness (QED) is 0.726. The van der Waals surface area contributed by atoms with Crippen molar-refractivity contribution in [2.24, 2.45) is 5.92 Å². The Balaban J connectivity index is 2.63. The van der Waals surface area contributed by atoms with E-state index in [1.165, 1.54) is 0 Å². The first kappa shape index (κ1) is 17.0. The molecule has 1 aromatic carbocycles. The van der Waals surface area contributed by atoms with E-state index in [0.29, 0.717) is 6.42 Å². The Morgan fingerprint density at radius 3 is 2.21 bits per heavy atom. The third-order valence-corrected chi connectivity index (χ3v) is 5.03. The van der Waals surface area contributed by atoms with Gasteiger partial charge in [-0.25, -0.2) is 0 Å². The Kier molecular flexibility index (Phi) is 6.31. The van der Waals surface area contributed by atoms with Gasteiger partial charge in [0.05, 0.1) is 15.6 Å². The van der Waals surface area contributed by atoms with Crippen molar-refractivity contribution < 1.29 is 10.2 Å². The standard InChI is InChI=1S/C14H20Cl2O2S/c1-4-14(18,9(2)3)5-6-19-10-7-11(15)13(17)12(16)8-10/h7-9,17-18H,4-6H2,1-3H3. The smallest absolute Gasteiger partial charge is 0.152 e. The van der Waals surface area contributed by atoms with Crippen LogP contribution in [0.2, 0.25) is 10.0 Å². The van der Waals surface area contributed by atoms with Gasteiger partial charge in [-0.05, 0) is 30.9 Å². The van der Waals surface area contributed by atoms with Crippen molar-refractivity contribution in [3.8, 4) is 5.75 Å². The van der Waals surface area contributed by atoms with E-state index in [0.717, 1.165) is 17.1 Å². The molecule has 1 rings (SSSR count). The van der Waals surface area contributed by atoms with Crippen molar-refractivity contribution in [3.05, 3.63) is 22.2 Å². The fourth-order valence-corrected chi connectivity index (χ4v) is 3.55. The van der Waals surface area contributed by atoms with E-state index >= 15 is 0 Å². The number of benzene rings is 1. The van der Waals surface area contributed by atoms with Crippen LogP contribution < -0.4 is 0 Å². The van der Waals surface area contributed by atoms with Crippen LogP contribution in [0.1, 0.15) is 33.6 Å². The van der Waals surface area contributed by atoms with Crippen LogP contribution in [0.25, 0.3) is 0 Å². The lowest BCUT2D eigenvalue weighted by Crippen LogP contribution is -2.34. The molecule has 0 spiro atoms. The molecule has 108 valence electrons. The van der Waals surface area contributed by atoms with E-state index in [-0.39, 0.29) is 21.7 Å². The second kappa shape index (κ2) is 7.07. The lowest BCUT2D eigenvalue weighted by atomic mass is 9.85. The topological polar surface area (TPSA) is 40.5 Å². The monoisotopic (exact) mass is 322 g/mol. The number of thioether (sulfide) groups is 1. The Bertz CT molecular complexity index is 414. The number of aromatic hydroxyl groups is 1. The van der Waals surface area contributed by atoms with Crippen molar-refractivity contribution in [1.29, 1.82) is 0 Å². The highest BCUT2D eigenvalue weighted by atomic mass is 35.5. The number of aliphatic hydroxyl groups is 1. The van der Waals surface area contributed by atoms with Gasteiger partial charge in [-0.1, -0.05) is 44.0 Å². The predicted molar refractivity (Wildman–Crippen MR) is 83.5 cm³/mol. The minimum Gasteiger partial charge on any atom is -0.505 e. The molecule has 0 aliphatic rings. The van der Waals surface area contributed by atoms with E-state index in [9.17, 15) is 10.2 Å². The predicted octanol–water partition coefficient (Wildman–Crippen LogP) is 4.98. The largest absolute Gasteiger partial charge is 0.505 e. The van der Waals surface area contributed by atoms with E-state index in [1.54, 1.807) is 23.9 Å². The summed E-state index contributed by atoms with van der Waals surface area (Å²) in [6.07, 6.45) is 1.45. The molecule has 2 nitrogen and oxygen atoms in total. The summed E-state index contributed by atoms with van der Waals surface area (Å²) in [5, 5.41) is 20.4. The Hall–Kier alpha value is -0.0900. The molecule has 0 saturated carbocycles. The molecule has 0 aliphatic carbocycles. The van der Waals surface area contributed by atoms with Gasteiger partial charge in [0.2, 0.25) is 0 Å². The molecule has 0 saturated heterocycles. The molecule has 0 bridgehead atoms. The summed E-state index contributed by atoms with van der Waals surface area (Å²) in [5.41, 5.74) is -0.627. The second-order valence-electron chi connectivity index (χ2n) is 4.95. The molecule has 5 heteroatoms. The lowest BCUT2D eigenvalue weighted by Gasteiger charge is -2.31. The number of phenolic OH excluding ortho intramolecular Hbond substituents is 1. The molecular formula is C14H20Cl2O2S. The van der Waals surface area contributed by atoms with Gasteiger partial charge in [-0.3, -0.25) is 0 Å². The van der Waals surface area contributed by atoms with Crippen molar-refractivity contribution in [1.82, 2.24) is 0 Å². The van der Waals surface area contributed by atoms with Gasteiger partial charge in [0.25, 0.3) is 0 Å². The maximum Gasteiger partial charge on any atom is 0.152 e. The van der Waals surface area contributed by atoms with Gasteiger partial charge in [0.1, 0.15) is 0 Å². The van der Waals surface area contributed by atoms with Crippen LogP contribution in [0.4, 0.5) is 0 Å². The number of hydrogen-bond acceptors (Lipinski definition) is 3. The number of rotatable bonds is 6. The van der Waals surface area contributed by atoms with E-state index in [1.807, 2.05) is 20.8 Å². The molecule has 1 atom stereocenters. The zero-order chi connectivity index (χ0) is 14.6. The lowest BCUT2D eigenvalue weighted by molar-refractivity contribution is -0.0110. The molecule has 0 fully saturated rings. The van der Waals surface area contributed by atoms with Gasteiger partial charge >= 0.3 is 0 Å². The molecule has 1 unspecified atom stereocenters. The molecule has 0 aromatic heterocycles. The summed E-state index contributed by atoms with van der Waals surface area (Å²) in [4.78, 5) is 0.898. The van der Waals surface area contributed by atoms with Crippen LogP contribution in [0, 0.1) is 5.92 Å². The normalized spacial score (nSPS) is 14.7. The number of phenols is 1. The molecule has 0 heterocycles. The van der Waals surface area contributed by atoms with Gasteiger partial charge in [-0.15, -0.1) is 11.8 Å². The van der Waals surface area contributed by atoms with Crippen LogP contribution in [0.5, 0.6) is 5.75 Å². The first-order valence-electron chi connectivity index (χ1n) is 6.33. The Morgan fingerprint density at radius 2 is 1.79 bits per heavy atom. The fraction of sp³-hybridized carbons (Fsp3) is 0.571. The maximum absolute atomic E-state index is 10.4. The zero-order valence-corrected chi connectivity index (χ0v) is 13.7. The van der Waals surface area contributed by atoms with Crippen LogP contribution in [0.15, 0.2) is 17.0 Å². The van der Waals surface area contributed by atoms with Crippen LogP contribution in [0.3, 0.4) is 0 Å². The van der Waals surface area contributed by atoms with Gasteiger partial charge in [-0.2, -0.15) is 0 Å². The summed E-state index contributed by atoms with van der Waals surface area (Å²) in [6.45, 7) is 6.06. The zero-order valence-electron chi connectivity index (χ0n) is 11.4. The van der Waals surface area contributed by atoms with E-state index < -0.39 is 5.60 Å². The second-order valence-corrected chi connectivity index (χ2v) is 6.93. The molecule has 0 aliphatic heterocycles. The van der Waals surface area contributed by atoms with Crippen molar-refractivity contribution in [2.45, 2.75) is 44.1 Å². The van der Waals surface area contributed by atoms with Crippen molar-refractivity contribution in [2.75, 3.05) is 5.75 Å². The summed E-state index contributed by atoms with van der Waals surface area (Å²) < 4.78 is 0. The van der Waals surface area contributed by atoms with Gasteiger partial charge < -0.3 is 10.2 Å². The minimum atomic E-state index is -0.627. The molecular weight excluding hydrogens is 303 g/mol. The molecule has 0 amide bonds. The SMILES string of the molecule is CCC(O)(CCSc1cc(Cl)c(O)c(Cl)c1)C(C)C. The first-order valence-corrected chi connectivity index (χ1v) is 8.07. The average molecular weight is 323 g/mol. The summed E-state index contributed by atoms with van der Waals surface area (Å²) in [5.74, 6) is 0.921. The Morgan fingerprint density at radius 1 is 1.26 bits per heavy atom. The maximum atomic E-state index is 10.4. The van der Waals surface area contributed by atoms with Gasteiger partial charge in [0, 0.05) is 10.6 Å². The third kappa shape index (κ3) is 4.45. The molecule has 19 heavy (non-hydrogen) atoms. The molecule has 0 radical (unpaired) electrons. The van der Waals surface area contributed by atoms with E-state index in [4.69, 9.17) is 23.2 Å². The number of halogens is 2. The van der Waals surface area contributed by atoms with Gasteiger partial charge in [0.15, 0.2) is 5.75 Å². The number of hydrogen-bond donors (Lipinski definition) is 2. The molecule has 1 aromatic rings. The minimum absolute atomic E-state index is 0.0834. The highest BCUT2D eigenvalue weighted by molar-refractivity contribution is 7.99. The summed E-state index contributed by atoms with van der Waals surface area (Å²) in [7, 11) is 0. The highest BCUT2D eigenvalue weighted by Crippen LogP contribution is 2.37. The third-order valence-electron chi connectivity index (χ3n) is 3.48. The highest BCUT2D eigenvalue weighted by Gasteiger charge is 2.28. The first-order chi connectivity index (χ1) is 8.80. The van der Waals surface area contributed by atoms with Crippen LogP contribution in [-0.2, 0) is 0 Å². The van der Waals surface area contributed by atoms with Crippen LogP contribution >= 0.6 is 35.0 Å². The fourth-order valence-electron chi connectivity index (χ4n) is 1.84. The van der Waals surface area contributed by atoms with Crippen molar-refractivity contribution in [3.63, 3.8) is 0 Å². The van der Waals surface area contributed by atoms with Crippen LogP contribution in [-0.4, -0.2) is 21.6 Å². The van der Waals surface area contributed by atoms with E-state index in [2.05, 4.69) is 0 Å².